The minimum atomic E-state index is 0.388. The average molecular weight is 249 g/mol. The molecule has 1 rings (SSSR count). The van der Waals surface area contributed by atoms with Crippen molar-refractivity contribution in [3.63, 3.8) is 0 Å². The fraction of sp³-hybridized carbons (Fsp3) is 0.625. The van der Waals surface area contributed by atoms with Gasteiger partial charge in [-0.1, -0.05) is 43.7 Å². The van der Waals surface area contributed by atoms with Crippen molar-refractivity contribution in [2.45, 2.75) is 40.2 Å². The van der Waals surface area contributed by atoms with Crippen LogP contribution >= 0.6 is 0 Å². The average Bonchev–Trinajstić information content (AvgIpc) is 2.34. The molecule has 0 aliphatic carbocycles. The predicted molar refractivity (Wildman–Crippen MR) is 77.9 cm³/mol. The molecule has 18 heavy (non-hydrogen) atoms. The Kier molecular flexibility index (Phi) is 6.99. The number of aryl methyl sites for hydroxylation is 1. The number of benzene rings is 1. The second-order valence-corrected chi connectivity index (χ2v) is 5.38. The molecule has 0 saturated heterocycles. The number of rotatable bonds is 8. The SMILES string of the molecule is Cc1ccc([C@H](C)NCCOCCC(C)C)cc1. The zero-order valence-electron chi connectivity index (χ0n) is 12.2. The van der Waals surface area contributed by atoms with Gasteiger partial charge in [0.1, 0.15) is 0 Å². The molecular weight excluding hydrogens is 222 g/mol. The molecule has 2 heteroatoms. The normalized spacial score (nSPS) is 12.9. The van der Waals surface area contributed by atoms with Crippen LogP contribution in [0.15, 0.2) is 24.3 Å². The van der Waals surface area contributed by atoms with E-state index in [1.807, 2.05) is 0 Å². The van der Waals surface area contributed by atoms with Gasteiger partial charge >= 0.3 is 0 Å². The predicted octanol–water partition coefficient (Wildman–Crippen LogP) is 3.71. The van der Waals surface area contributed by atoms with Gasteiger partial charge in [-0.3, -0.25) is 0 Å². The van der Waals surface area contributed by atoms with Gasteiger partial charge in [0.2, 0.25) is 0 Å². The molecule has 102 valence electrons. The highest BCUT2D eigenvalue weighted by atomic mass is 16.5. The summed E-state index contributed by atoms with van der Waals surface area (Å²) in [6.45, 7) is 11.3. The first-order chi connectivity index (χ1) is 8.59. The molecule has 0 bridgehead atoms. The smallest absolute Gasteiger partial charge is 0.0591 e. The summed E-state index contributed by atoms with van der Waals surface area (Å²) in [4.78, 5) is 0. The van der Waals surface area contributed by atoms with Crippen molar-refractivity contribution in [3.05, 3.63) is 35.4 Å². The second-order valence-electron chi connectivity index (χ2n) is 5.38. The van der Waals surface area contributed by atoms with E-state index in [9.17, 15) is 0 Å². The highest BCUT2D eigenvalue weighted by Crippen LogP contribution is 2.12. The molecule has 0 heterocycles. The summed E-state index contributed by atoms with van der Waals surface area (Å²) in [6.07, 6.45) is 1.15. The van der Waals surface area contributed by atoms with E-state index < -0.39 is 0 Å². The van der Waals surface area contributed by atoms with Gasteiger partial charge in [-0.15, -0.1) is 0 Å². The molecule has 0 saturated carbocycles. The Morgan fingerprint density at radius 2 is 1.72 bits per heavy atom. The monoisotopic (exact) mass is 249 g/mol. The standard InChI is InChI=1S/C16H27NO/c1-13(2)9-11-18-12-10-17-15(4)16-7-5-14(3)6-8-16/h5-8,13,15,17H,9-12H2,1-4H3/t15-/m0/s1. The summed E-state index contributed by atoms with van der Waals surface area (Å²) >= 11 is 0. The third kappa shape index (κ3) is 6.18. The Bertz CT molecular complexity index is 318. The van der Waals surface area contributed by atoms with Crippen LogP contribution in [0.5, 0.6) is 0 Å². The van der Waals surface area contributed by atoms with Crippen LogP contribution in [0.3, 0.4) is 0 Å². The molecule has 0 aromatic heterocycles. The number of hydrogen-bond acceptors (Lipinski definition) is 2. The third-order valence-corrected chi connectivity index (χ3v) is 3.11. The first-order valence-electron chi connectivity index (χ1n) is 6.97. The zero-order valence-corrected chi connectivity index (χ0v) is 12.2. The number of nitrogens with one attached hydrogen (secondary N) is 1. The lowest BCUT2D eigenvalue weighted by Gasteiger charge is -2.14. The van der Waals surface area contributed by atoms with Gasteiger partial charge in [-0.05, 0) is 31.7 Å². The highest BCUT2D eigenvalue weighted by Gasteiger charge is 2.03. The molecular formula is C16H27NO. The molecule has 1 aromatic carbocycles. The van der Waals surface area contributed by atoms with E-state index in [4.69, 9.17) is 4.74 Å². The molecule has 2 nitrogen and oxygen atoms in total. The van der Waals surface area contributed by atoms with Gasteiger partial charge in [-0.25, -0.2) is 0 Å². The Balaban J connectivity index is 2.13. The van der Waals surface area contributed by atoms with Crippen LogP contribution in [-0.2, 0) is 4.74 Å². The third-order valence-electron chi connectivity index (χ3n) is 3.11. The summed E-state index contributed by atoms with van der Waals surface area (Å²) in [7, 11) is 0. The zero-order chi connectivity index (χ0) is 13.4. The van der Waals surface area contributed by atoms with Crippen molar-refractivity contribution in [3.8, 4) is 0 Å². The Hall–Kier alpha value is -0.860. The van der Waals surface area contributed by atoms with Crippen LogP contribution < -0.4 is 5.32 Å². The van der Waals surface area contributed by atoms with E-state index in [2.05, 4.69) is 57.3 Å². The largest absolute Gasteiger partial charge is 0.380 e. The molecule has 0 unspecified atom stereocenters. The lowest BCUT2D eigenvalue weighted by atomic mass is 10.1. The number of hydrogen-bond donors (Lipinski definition) is 1. The quantitative estimate of drug-likeness (QED) is 0.709. The molecule has 0 aliphatic heterocycles. The second kappa shape index (κ2) is 8.28. The fourth-order valence-corrected chi connectivity index (χ4v) is 1.74. The molecule has 1 aromatic rings. The van der Waals surface area contributed by atoms with E-state index >= 15 is 0 Å². The van der Waals surface area contributed by atoms with Crippen molar-refractivity contribution in [1.29, 1.82) is 0 Å². The van der Waals surface area contributed by atoms with Crippen LogP contribution in [0.4, 0.5) is 0 Å². The van der Waals surface area contributed by atoms with Crippen molar-refractivity contribution in [1.82, 2.24) is 5.32 Å². The first kappa shape index (κ1) is 15.2. The topological polar surface area (TPSA) is 21.3 Å². The molecule has 0 fully saturated rings. The van der Waals surface area contributed by atoms with Crippen molar-refractivity contribution in [2.24, 2.45) is 5.92 Å². The van der Waals surface area contributed by atoms with Crippen LogP contribution in [0.1, 0.15) is 44.4 Å². The summed E-state index contributed by atoms with van der Waals surface area (Å²) in [5.41, 5.74) is 2.64. The van der Waals surface area contributed by atoms with E-state index in [1.54, 1.807) is 0 Å². The Morgan fingerprint density at radius 3 is 2.33 bits per heavy atom. The van der Waals surface area contributed by atoms with Crippen molar-refractivity contribution < 1.29 is 4.74 Å². The van der Waals surface area contributed by atoms with Gasteiger partial charge < -0.3 is 10.1 Å². The Labute approximate surface area is 112 Å². The molecule has 0 aliphatic rings. The molecule has 0 amide bonds. The minimum Gasteiger partial charge on any atom is -0.380 e. The van der Waals surface area contributed by atoms with Crippen LogP contribution in [0.2, 0.25) is 0 Å². The molecule has 0 spiro atoms. The molecule has 0 radical (unpaired) electrons. The highest BCUT2D eigenvalue weighted by molar-refractivity contribution is 5.23. The fourth-order valence-electron chi connectivity index (χ4n) is 1.74. The molecule has 1 N–H and O–H groups in total. The summed E-state index contributed by atoms with van der Waals surface area (Å²) < 4.78 is 5.59. The van der Waals surface area contributed by atoms with Crippen molar-refractivity contribution >= 4 is 0 Å². The summed E-state index contributed by atoms with van der Waals surface area (Å²) in [5.74, 6) is 0.726. The van der Waals surface area contributed by atoms with E-state index in [0.717, 1.165) is 32.1 Å². The first-order valence-corrected chi connectivity index (χ1v) is 6.97. The van der Waals surface area contributed by atoms with Gasteiger partial charge in [0.25, 0.3) is 0 Å². The summed E-state index contributed by atoms with van der Waals surface area (Å²) in [6, 6.07) is 9.08. The molecule has 1 atom stereocenters. The maximum atomic E-state index is 5.59. The maximum Gasteiger partial charge on any atom is 0.0591 e. The lowest BCUT2D eigenvalue weighted by molar-refractivity contribution is 0.123. The van der Waals surface area contributed by atoms with Crippen LogP contribution in [0, 0.1) is 12.8 Å². The Morgan fingerprint density at radius 1 is 1.06 bits per heavy atom. The summed E-state index contributed by atoms with van der Waals surface area (Å²) in [5, 5.41) is 3.48. The van der Waals surface area contributed by atoms with E-state index in [-0.39, 0.29) is 0 Å². The van der Waals surface area contributed by atoms with Gasteiger partial charge in [0.05, 0.1) is 6.61 Å². The minimum absolute atomic E-state index is 0.388. The van der Waals surface area contributed by atoms with Crippen LogP contribution in [-0.4, -0.2) is 19.8 Å². The van der Waals surface area contributed by atoms with E-state index in [0.29, 0.717) is 6.04 Å². The number of ether oxygens (including phenoxy) is 1. The van der Waals surface area contributed by atoms with Gasteiger partial charge in [0.15, 0.2) is 0 Å². The lowest BCUT2D eigenvalue weighted by Crippen LogP contribution is -2.23. The van der Waals surface area contributed by atoms with Crippen molar-refractivity contribution in [2.75, 3.05) is 19.8 Å². The maximum absolute atomic E-state index is 5.59. The van der Waals surface area contributed by atoms with E-state index in [1.165, 1.54) is 11.1 Å². The van der Waals surface area contributed by atoms with Gasteiger partial charge in [-0.2, -0.15) is 0 Å². The van der Waals surface area contributed by atoms with Crippen LogP contribution in [0.25, 0.3) is 0 Å². The van der Waals surface area contributed by atoms with Gasteiger partial charge in [0, 0.05) is 19.2 Å².